The second-order valence-corrected chi connectivity index (χ2v) is 6.13. The maximum Gasteiger partial charge on any atom is 0.247 e. The fourth-order valence-electron chi connectivity index (χ4n) is 2.81. The average molecular weight is 390 g/mol. The van der Waals surface area contributed by atoms with Gasteiger partial charge < -0.3 is 14.8 Å². The second-order valence-electron chi connectivity index (χ2n) is 6.13. The highest BCUT2D eigenvalue weighted by molar-refractivity contribution is 5.90. The van der Waals surface area contributed by atoms with Crippen molar-refractivity contribution < 1.29 is 14.3 Å². The molecule has 0 bridgehead atoms. The number of methoxy groups -OCH3 is 1. The van der Waals surface area contributed by atoms with Gasteiger partial charge in [0.2, 0.25) is 11.8 Å². The number of benzene rings is 2. The topological polar surface area (TPSA) is 104 Å². The first-order chi connectivity index (χ1) is 14.2. The largest absolute Gasteiger partial charge is 0.496 e. The quantitative estimate of drug-likeness (QED) is 0.517. The first-order valence-corrected chi connectivity index (χ1v) is 8.88. The van der Waals surface area contributed by atoms with E-state index in [2.05, 4.69) is 25.6 Å². The van der Waals surface area contributed by atoms with Gasteiger partial charge in [-0.05, 0) is 18.2 Å². The van der Waals surface area contributed by atoms with E-state index in [-0.39, 0.29) is 19.1 Å². The maximum atomic E-state index is 12.4. The summed E-state index contributed by atoms with van der Waals surface area (Å²) in [6.07, 6.45) is 1.33. The van der Waals surface area contributed by atoms with Crippen LogP contribution >= 0.6 is 0 Å². The number of nitrogens with zero attached hydrogens (tertiary/aromatic N) is 5. The van der Waals surface area contributed by atoms with Crippen LogP contribution < -0.4 is 14.8 Å². The number of rotatable bonds is 7. The van der Waals surface area contributed by atoms with Gasteiger partial charge in [0.1, 0.15) is 36.6 Å². The summed E-state index contributed by atoms with van der Waals surface area (Å²) < 4.78 is 12.6. The van der Waals surface area contributed by atoms with Crippen LogP contribution in [0.25, 0.3) is 11.0 Å². The number of carbonyl (C=O) groups excluding carboxylic acids is 1. The number of nitrogens with one attached hydrogen (secondary N) is 1. The fourth-order valence-corrected chi connectivity index (χ4v) is 2.81. The van der Waals surface area contributed by atoms with Crippen LogP contribution in [0.3, 0.4) is 0 Å². The van der Waals surface area contributed by atoms with Gasteiger partial charge in [-0.2, -0.15) is 0 Å². The molecule has 1 amide bonds. The van der Waals surface area contributed by atoms with E-state index in [0.29, 0.717) is 11.7 Å². The van der Waals surface area contributed by atoms with Gasteiger partial charge in [-0.1, -0.05) is 35.5 Å². The van der Waals surface area contributed by atoms with Crippen molar-refractivity contribution in [1.82, 2.24) is 25.0 Å². The lowest BCUT2D eigenvalue weighted by Gasteiger charge is -2.10. The third-order valence-corrected chi connectivity index (χ3v) is 4.19. The van der Waals surface area contributed by atoms with Crippen molar-refractivity contribution in [2.75, 3.05) is 12.4 Å². The van der Waals surface area contributed by atoms with Gasteiger partial charge in [0.25, 0.3) is 0 Å². The molecule has 0 saturated carbocycles. The van der Waals surface area contributed by atoms with E-state index in [1.54, 1.807) is 13.2 Å². The summed E-state index contributed by atoms with van der Waals surface area (Å²) in [7, 11) is 1.61. The zero-order valence-corrected chi connectivity index (χ0v) is 15.6. The number of aromatic nitrogens is 5. The molecule has 2 aromatic heterocycles. The first-order valence-electron chi connectivity index (χ1n) is 8.88. The molecule has 0 spiro atoms. The molecular formula is C20H18N6O3. The third kappa shape index (κ3) is 4.29. The number of para-hydroxylation sites is 2. The summed E-state index contributed by atoms with van der Waals surface area (Å²) in [5, 5.41) is 10.8. The van der Waals surface area contributed by atoms with Gasteiger partial charge in [-0.3, -0.25) is 4.79 Å². The number of hydrogen-bond donors (Lipinski definition) is 1. The van der Waals surface area contributed by atoms with Crippen LogP contribution in [0.4, 0.5) is 5.82 Å². The summed E-state index contributed by atoms with van der Waals surface area (Å²) in [5.41, 5.74) is 2.40. The predicted octanol–water partition coefficient (Wildman–Crippen LogP) is 2.45. The Kier molecular flexibility index (Phi) is 5.28. The number of hydrogen-bond acceptors (Lipinski definition) is 7. The lowest BCUT2D eigenvalue weighted by molar-refractivity contribution is -0.116. The van der Waals surface area contributed by atoms with Crippen molar-refractivity contribution in [2.24, 2.45) is 0 Å². The Balaban J connectivity index is 1.40. The molecule has 146 valence electrons. The summed E-state index contributed by atoms with van der Waals surface area (Å²) in [4.78, 5) is 20.5. The molecule has 0 unspecified atom stereocenters. The molecule has 0 saturated heterocycles. The second kappa shape index (κ2) is 8.34. The van der Waals surface area contributed by atoms with Crippen LogP contribution in [0, 0.1) is 0 Å². The fraction of sp³-hybridized carbons (Fsp3) is 0.150. The minimum absolute atomic E-state index is 0.0158. The van der Waals surface area contributed by atoms with Gasteiger partial charge in [0.15, 0.2) is 0 Å². The number of fused-ring (bicyclic) bond motifs is 1. The predicted molar refractivity (Wildman–Crippen MR) is 106 cm³/mol. The zero-order chi connectivity index (χ0) is 20.1. The van der Waals surface area contributed by atoms with Crippen LogP contribution in [0.15, 0.2) is 60.9 Å². The molecule has 0 aliphatic rings. The van der Waals surface area contributed by atoms with Crippen molar-refractivity contribution in [2.45, 2.75) is 13.2 Å². The molecule has 4 aromatic rings. The molecule has 2 heterocycles. The molecule has 9 heteroatoms. The van der Waals surface area contributed by atoms with Crippen LogP contribution in [0.1, 0.15) is 5.56 Å². The highest BCUT2D eigenvalue weighted by Gasteiger charge is 2.10. The molecule has 1 N–H and O–H groups in total. The Hall–Kier alpha value is -4.01. The van der Waals surface area contributed by atoms with Crippen LogP contribution in [0.2, 0.25) is 0 Å². The van der Waals surface area contributed by atoms with E-state index in [1.165, 1.54) is 11.0 Å². The Morgan fingerprint density at radius 1 is 1.10 bits per heavy atom. The molecule has 0 atom stereocenters. The molecular weight excluding hydrogens is 372 g/mol. The maximum absolute atomic E-state index is 12.4. The van der Waals surface area contributed by atoms with Gasteiger partial charge >= 0.3 is 0 Å². The van der Waals surface area contributed by atoms with Crippen LogP contribution in [-0.4, -0.2) is 38.0 Å². The summed E-state index contributed by atoms with van der Waals surface area (Å²) in [5.74, 6) is 1.13. The average Bonchev–Trinajstić information content (AvgIpc) is 3.15. The smallest absolute Gasteiger partial charge is 0.247 e. The Bertz CT molecular complexity index is 1140. The molecule has 0 fully saturated rings. The van der Waals surface area contributed by atoms with Crippen molar-refractivity contribution >= 4 is 22.8 Å². The zero-order valence-electron chi connectivity index (χ0n) is 15.6. The monoisotopic (exact) mass is 390 g/mol. The molecule has 0 aliphatic carbocycles. The van der Waals surface area contributed by atoms with Gasteiger partial charge in [-0.25, -0.2) is 14.6 Å². The number of carbonyl (C=O) groups is 1. The lowest BCUT2D eigenvalue weighted by Crippen LogP contribution is -2.20. The van der Waals surface area contributed by atoms with Crippen molar-refractivity contribution in [3.63, 3.8) is 0 Å². The summed E-state index contributed by atoms with van der Waals surface area (Å²) >= 11 is 0. The number of amides is 1. The van der Waals surface area contributed by atoms with E-state index in [9.17, 15) is 4.79 Å². The normalized spacial score (nSPS) is 10.7. The van der Waals surface area contributed by atoms with Crippen molar-refractivity contribution in [3.05, 3.63) is 66.5 Å². The summed E-state index contributed by atoms with van der Waals surface area (Å²) in [6.45, 7) is 0.293. The van der Waals surface area contributed by atoms with Gasteiger partial charge in [0.05, 0.1) is 12.6 Å². The van der Waals surface area contributed by atoms with E-state index in [4.69, 9.17) is 9.47 Å². The van der Waals surface area contributed by atoms with E-state index in [1.807, 2.05) is 48.5 Å². The van der Waals surface area contributed by atoms with Crippen LogP contribution in [-0.2, 0) is 17.9 Å². The molecule has 0 radical (unpaired) electrons. The highest BCUT2D eigenvalue weighted by atomic mass is 16.5. The van der Waals surface area contributed by atoms with Gasteiger partial charge in [0, 0.05) is 11.6 Å². The minimum atomic E-state index is -0.282. The number of ether oxygens (including phenoxy) is 2. The molecule has 2 aromatic carbocycles. The van der Waals surface area contributed by atoms with Gasteiger partial charge in [-0.15, -0.1) is 5.10 Å². The standard InChI is InChI=1S/C20H18N6O3/c1-28-17-9-5-2-6-14(17)12-29-20-10-18(21-13-22-20)23-19(27)11-26-16-8-4-3-7-15(16)24-25-26/h2-10,13H,11-12H2,1H3,(H,21,22,23,27). The van der Waals surface area contributed by atoms with E-state index < -0.39 is 0 Å². The molecule has 29 heavy (non-hydrogen) atoms. The molecule has 9 nitrogen and oxygen atoms in total. The Morgan fingerprint density at radius 3 is 2.83 bits per heavy atom. The van der Waals surface area contributed by atoms with Crippen molar-refractivity contribution in [1.29, 1.82) is 0 Å². The Labute approximate surface area is 166 Å². The van der Waals surface area contributed by atoms with Crippen LogP contribution in [0.5, 0.6) is 11.6 Å². The number of anilines is 1. The lowest BCUT2D eigenvalue weighted by atomic mass is 10.2. The van der Waals surface area contributed by atoms with E-state index >= 15 is 0 Å². The highest BCUT2D eigenvalue weighted by Crippen LogP contribution is 2.20. The van der Waals surface area contributed by atoms with E-state index in [0.717, 1.165) is 22.3 Å². The SMILES string of the molecule is COc1ccccc1COc1cc(NC(=O)Cn2nnc3ccccc32)ncn1. The molecule has 0 aliphatic heterocycles. The van der Waals surface area contributed by atoms with Crippen molar-refractivity contribution in [3.8, 4) is 11.6 Å². The first kappa shape index (κ1) is 18.4. The minimum Gasteiger partial charge on any atom is -0.496 e. The summed E-state index contributed by atoms with van der Waals surface area (Å²) in [6, 6.07) is 16.6. The molecule has 4 rings (SSSR count). The third-order valence-electron chi connectivity index (χ3n) is 4.19. The Morgan fingerprint density at radius 2 is 1.93 bits per heavy atom.